The summed E-state index contributed by atoms with van der Waals surface area (Å²) in [5.74, 6) is -0.167. The van der Waals surface area contributed by atoms with E-state index in [0.717, 1.165) is 11.3 Å². The maximum atomic E-state index is 12.4. The van der Waals surface area contributed by atoms with Gasteiger partial charge in [0.15, 0.2) is 0 Å². The van der Waals surface area contributed by atoms with Gasteiger partial charge in [-0.25, -0.2) is 9.97 Å². The van der Waals surface area contributed by atoms with Crippen molar-refractivity contribution in [2.75, 3.05) is 16.0 Å². The Morgan fingerprint density at radius 2 is 1.64 bits per heavy atom. The van der Waals surface area contributed by atoms with E-state index in [1.807, 2.05) is 19.1 Å². The summed E-state index contributed by atoms with van der Waals surface area (Å²) in [5.41, 5.74) is 3.24. The SMILES string of the molecule is CC(=O)Nc1cccc(NC(=O)c2cnc(Nc3ccc(Cl)cc3C)nc2)c1. The largest absolute Gasteiger partial charge is 0.326 e. The first-order chi connectivity index (χ1) is 13.4. The molecule has 3 rings (SSSR count). The molecular weight excluding hydrogens is 378 g/mol. The van der Waals surface area contributed by atoms with Crippen molar-refractivity contribution in [3.63, 3.8) is 0 Å². The monoisotopic (exact) mass is 395 g/mol. The molecule has 0 radical (unpaired) electrons. The van der Waals surface area contributed by atoms with Crippen LogP contribution in [-0.2, 0) is 4.79 Å². The molecule has 0 fully saturated rings. The van der Waals surface area contributed by atoms with E-state index in [2.05, 4.69) is 25.9 Å². The van der Waals surface area contributed by atoms with Gasteiger partial charge in [-0.05, 0) is 48.9 Å². The minimum atomic E-state index is -0.353. The molecule has 0 aliphatic heterocycles. The van der Waals surface area contributed by atoms with E-state index in [9.17, 15) is 9.59 Å². The number of anilines is 4. The number of benzene rings is 2. The Bertz CT molecular complexity index is 1020. The van der Waals surface area contributed by atoms with Crippen LogP contribution in [0.15, 0.2) is 54.9 Å². The van der Waals surface area contributed by atoms with Crippen LogP contribution in [0.4, 0.5) is 23.0 Å². The van der Waals surface area contributed by atoms with Crippen LogP contribution in [0.1, 0.15) is 22.8 Å². The zero-order valence-corrected chi connectivity index (χ0v) is 16.0. The minimum Gasteiger partial charge on any atom is -0.326 e. The number of aryl methyl sites for hydroxylation is 1. The maximum Gasteiger partial charge on any atom is 0.258 e. The number of aromatic nitrogens is 2. The van der Waals surface area contributed by atoms with Gasteiger partial charge in [-0.1, -0.05) is 17.7 Å². The van der Waals surface area contributed by atoms with Gasteiger partial charge in [0, 0.05) is 41.4 Å². The molecule has 0 bridgehead atoms. The number of carbonyl (C=O) groups excluding carboxylic acids is 2. The fraction of sp³-hybridized carbons (Fsp3) is 0.100. The first kappa shape index (κ1) is 19.3. The Morgan fingerprint density at radius 1 is 0.964 bits per heavy atom. The van der Waals surface area contributed by atoms with Gasteiger partial charge in [0.1, 0.15) is 0 Å². The predicted molar refractivity (Wildman–Crippen MR) is 110 cm³/mol. The Morgan fingerprint density at radius 3 is 2.29 bits per heavy atom. The minimum absolute atomic E-state index is 0.184. The Hall–Kier alpha value is -3.45. The molecule has 0 unspecified atom stereocenters. The van der Waals surface area contributed by atoms with E-state index >= 15 is 0 Å². The lowest BCUT2D eigenvalue weighted by Crippen LogP contribution is -2.13. The highest BCUT2D eigenvalue weighted by Gasteiger charge is 2.09. The second-order valence-electron chi connectivity index (χ2n) is 6.10. The average molecular weight is 396 g/mol. The summed E-state index contributed by atoms with van der Waals surface area (Å²) in [5, 5.41) is 9.16. The van der Waals surface area contributed by atoms with E-state index in [1.54, 1.807) is 30.3 Å². The quantitative estimate of drug-likeness (QED) is 0.595. The standard InChI is InChI=1S/C20H18ClN5O2/c1-12-8-15(21)6-7-18(12)26-20-22-10-14(11-23-20)19(28)25-17-5-3-4-16(9-17)24-13(2)27/h3-11H,1-2H3,(H,24,27)(H,25,28)(H,22,23,26). The highest BCUT2D eigenvalue weighted by Crippen LogP contribution is 2.22. The van der Waals surface area contributed by atoms with Crippen molar-refractivity contribution in [3.05, 3.63) is 71.0 Å². The number of hydrogen-bond donors (Lipinski definition) is 3. The summed E-state index contributed by atoms with van der Waals surface area (Å²) in [6.45, 7) is 3.34. The number of nitrogens with one attached hydrogen (secondary N) is 3. The van der Waals surface area contributed by atoms with Crippen LogP contribution in [0.25, 0.3) is 0 Å². The number of nitrogens with zero attached hydrogens (tertiary/aromatic N) is 2. The van der Waals surface area contributed by atoms with Gasteiger partial charge in [-0.15, -0.1) is 0 Å². The van der Waals surface area contributed by atoms with Gasteiger partial charge < -0.3 is 16.0 Å². The fourth-order valence-corrected chi connectivity index (χ4v) is 2.71. The van der Waals surface area contributed by atoms with Crippen LogP contribution in [0.2, 0.25) is 5.02 Å². The molecule has 0 saturated carbocycles. The van der Waals surface area contributed by atoms with Crippen LogP contribution in [0, 0.1) is 6.92 Å². The van der Waals surface area contributed by atoms with Crippen molar-refractivity contribution in [1.82, 2.24) is 9.97 Å². The molecule has 0 spiro atoms. The molecule has 3 N–H and O–H groups in total. The normalized spacial score (nSPS) is 10.2. The molecule has 3 aromatic rings. The Labute approximate surface area is 167 Å². The summed E-state index contributed by atoms with van der Waals surface area (Å²) in [7, 11) is 0. The van der Waals surface area contributed by atoms with Crippen LogP contribution < -0.4 is 16.0 Å². The lowest BCUT2D eigenvalue weighted by molar-refractivity contribution is -0.114. The van der Waals surface area contributed by atoms with E-state index in [1.165, 1.54) is 19.3 Å². The molecule has 2 aromatic carbocycles. The van der Waals surface area contributed by atoms with Crippen molar-refractivity contribution in [1.29, 1.82) is 0 Å². The van der Waals surface area contributed by atoms with E-state index < -0.39 is 0 Å². The molecule has 28 heavy (non-hydrogen) atoms. The molecule has 0 aliphatic carbocycles. The molecule has 2 amide bonds. The van der Waals surface area contributed by atoms with Crippen molar-refractivity contribution < 1.29 is 9.59 Å². The lowest BCUT2D eigenvalue weighted by Gasteiger charge is -2.09. The zero-order chi connectivity index (χ0) is 20.1. The van der Waals surface area contributed by atoms with Gasteiger partial charge in [-0.3, -0.25) is 9.59 Å². The molecule has 0 aliphatic rings. The number of hydrogen-bond acceptors (Lipinski definition) is 5. The van der Waals surface area contributed by atoms with Gasteiger partial charge in [0.05, 0.1) is 5.56 Å². The summed E-state index contributed by atoms with van der Waals surface area (Å²) >= 11 is 5.95. The number of amides is 2. The molecule has 0 saturated heterocycles. The van der Waals surface area contributed by atoms with Crippen LogP contribution in [0.5, 0.6) is 0 Å². The van der Waals surface area contributed by atoms with Gasteiger partial charge in [0.25, 0.3) is 5.91 Å². The Kier molecular flexibility index (Phi) is 5.86. The lowest BCUT2D eigenvalue weighted by atomic mass is 10.2. The fourth-order valence-electron chi connectivity index (χ4n) is 2.48. The van der Waals surface area contributed by atoms with Crippen molar-refractivity contribution in [2.45, 2.75) is 13.8 Å². The van der Waals surface area contributed by atoms with E-state index in [4.69, 9.17) is 11.6 Å². The summed E-state index contributed by atoms with van der Waals surface area (Å²) < 4.78 is 0. The highest BCUT2D eigenvalue weighted by molar-refractivity contribution is 6.30. The number of halogens is 1. The summed E-state index contributed by atoms with van der Waals surface area (Å²) in [6.07, 6.45) is 2.88. The van der Waals surface area contributed by atoms with E-state index in [-0.39, 0.29) is 11.8 Å². The molecule has 0 atom stereocenters. The van der Waals surface area contributed by atoms with Gasteiger partial charge in [-0.2, -0.15) is 0 Å². The highest BCUT2D eigenvalue weighted by atomic mass is 35.5. The summed E-state index contributed by atoms with van der Waals surface area (Å²) in [6, 6.07) is 12.3. The topological polar surface area (TPSA) is 96.0 Å². The van der Waals surface area contributed by atoms with Crippen LogP contribution in [0.3, 0.4) is 0 Å². The van der Waals surface area contributed by atoms with Gasteiger partial charge in [0.2, 0.25) is 11.9 Å². The second-order valence-corrected chi connectivity index (χ2v) is 6.53. The smallest absolute Gasteiger partial charge is 0.258 e. The molecule has 1 heterocycles. The second kappa shape index (κ2) is 8.49. The third-order valence-electron chi connectivity index (χ3n) is 3.79. The molecular formula is C20H18ClN5O2. The van der Waals surface area contributed by atoms with Crippen LogP contribution in [-0.4, -0.2) is 21.8 Å². The first-order valence-corrected chi connectivity index (χ1v) is 8.83. The number of rotatable bonds is 5. The maximum absolute atomic E-state index is 12.4. The predicted octanol–water partition coefficient (Wildman–Crippen LogP) is 4.39. The number of carbonyl (C=O) groups is 2. The third-order valence-corrected chi connectivity index (χ3v) is 4.02. The zero-order valence-electron chi connectivity index (χ0n) is 15.3. The first-order valence-electron chi connectivity index (χ1n) is 8.45. The molecule has 1 aromatic heterocycles. The Balaban J connectivity index is 1.67. The van der Waals surface area contributed by atoms with Crippen molar-refractivity contribution in [2.24, 2.45) is 0 Å². The van der Waals surface area contributed by atoms with E-state index in [0.29, 0.717) is 27.9 Å². The molecule has 8 heteroatoms. The van der Waals surface area contributed by atoms with Crippen molar-refractivity contribution >= 4 is 46.4 Å². The van der Waals surface area contributed by atoms with Gasteiger partial charge >= 0.3 is 0 Å². The molecule has 142 valence electrons. The average Bonchev–Trinajstić information content (AvgIpc) is 2.64. The third kappa shape index (κ3) is 5.05. The molecule has 7 nitrogen and oxygen atoms in total. The van der Waals surface area contributed by atoms with Crippen LogP contribution >= 0.6 is 11.6 Å². The van der Waals surface area contributed by atoms with Crippen molar-refractivity contribution in [3.8, 4) is 0 Å². The summed E-state index contributed by atoms with van der Waals surface area (Å²) in [4.78, 5) is 31.9.